The Morgan fingerprint density at radius 1 is 1.37 bits per heavy atom. The molecule has 0 saturated carbocycles. The molecule has 1 heterocycles. The molecule has 0 unspecified atom stereocenters. The van der Waals surface area contributed by atoms with Crippen molar-refractivity contribution >= 4 is 43.2 Å². The summed E-state index contributed by atoms with van der Waals surface area (Å²) in [6.07, 6.45) is 0. The van der Waals surface area contributed by atoms with Gasteiger partial charge in [0.2, 0.25) is 0 Å². The average molecular weight is 390 g/mol. The maximum atomic E-state index is 11.0. The molecule has 0 saturated heterocycles. The van der Waals surface area contributed by atoms with E-state index in [-0.39, 0.29) is 5.69 Å². The molecule has 2 aromatic rings. The van der Waals surface area contributed by atoms with Gasteiger partial charge in [-0.05, 0) is 56.5 Å². The number of halogens is 2. The second-order valence-corrected chi connectivity index (χ2v) is 5.54. The molecule has 0 amide bonds. The molecular weight excluding hydrogens is 380 g/mol. The van der Waals surface area contributed by atoms with Crippen molar-refractivity contribution < 1.29 is 9.34 Å². The van der Waals surface area contributed by atoms with E-state index in [0.29, 0.717) is 22.7 Å². The molecule has 100 valence electrons. The summed E-state index contributed by atoms with van der Waals surface area (Å²) in [5.74, 6) is 0.675. The maximum absolute atomic E-state index is 11.0. The van der Waals surface area contributed by atoms with Gasteiger partial charge >= 0.3 is 0 Å². The van der Waals surface area contributed by atoms with E-state index in [1.165, 1.54) is 6.07 Å². The first-order valence-corrected chi connectivity index (χ1v) is 6.98. The van der Waals surface area contributed by atoms with Crippen molar-refractivity contribution in [3.05, 3.63) is 54.8 Å². The predicted octanol–water partition coefficient (Wildman–Crippen LogP) is 4.63. The molecule has 7 heteroatoms. The van der Waals surface area contributed by atoms with Crippen molar-refractivity contribution in [3.8, 4) is 0 Å². The van der Waals surface area contributed by atoms with Crippen LogP contribution in [0, 0.1) is 17.0 Å². The van der Waals surface area contributed by atoms with Gasteiger partial charge in [-0.3, -0.25) is 10.1 Å². The lowest BCUT2D eigenvalue weighted by atomic mass is 10.2. The van der Waals surface area contributed by atoms with Gasteiger partial charge in [0.15, 0.2) is 4.67 Å². The quantitative estimate of drug-likeness (QED) is 0.611. The van der Waals surface area contributed by atoms with Crippen LogP contribution in [0.4, 0.5) is 11.4 Å². The van der Waals surface area contributed by atoms with Crippen molar-refractivity contribution in [1.29, 1.82) is 0 Å². The first-order valence-electron chi connectivity index (χ1n) is 5.40. The summed E-state index contributed by atoms with van der Waals surface area (Å²) >= 11 is 6.55. The van der Waals surface area contributed by atoms with Crippen molar-refractivity contribution in [2.24, 2.45) is 0 Å². The lowest BCUT2D eigenvalue weighted by Gasteiger charge is -2.06. The first kappa shape index (κ1) is 14.1. The van der Waals surface area contributed by atoms with Crippen LogP contribution >= 0.6 is 31.9 Å². The molecule has 0 aliphatic heterocycles. The fourth-order valence-electron chi connectivity index (χ4n) is 1.60. The number of rotatable bonds is 4. The van der Waals surface area contributed by atoms with Gasteiger partial charge in [0.25, 0.3) is 5.69 Å². The highest BCUT2D eigenvalue weighted by molar-refractivity contribution is 9.13. The number of aryl methyl sites for hydroxylation is 1. The number of nitro benzene ring substituents is 1. The Labute approximate surface area is 126 Å². The zero-order valence-electron chi connectivity index (χ0n) is 9.94. The van der Waals surface area contributed by atoms with E-state index in [0.717, 1.165) is 10.0 Å². The summed E-state index contributed by atoms with van der Waals surface area (Å²) in [5, 5.41) is 14.0. The molecule has 2 rings (SSSR count). The van der Waals surface area contributed by atoms with Gasteiger partial charge in [0.1, 0.15) is 11.4 Å². The normalized spacial score (nSPS) is 10.5. The number of hydrogen-bond donors (Lipinski definition) is 1. The number of benzene rings is 1. The van der Waals surface area contributed by atoms with E-state index in [1.807, 2.05) is 13.0 Å². The van der Waals surface area contributed by atoms with Crippen LogP contribution in [0.2, 0.25) is 0 Å². The SMILES string of the molecule is Cc1ccc(NCc2cc(Br)c(Br)o2)c([N+](=O)[O-])c1. The molecular formula is C12H10Br2N2O3. The summed E-state index contributed by atoms with van der Waals surface area (Å²) < 4.78 is 6.81. The van der Waals surface area contributed by atoms with Gasteiger partial charge in [-0.2, -0.15) is 0 Å². The zero-order valence-corrected chi connectivity index (χ0v) is 13.1. The molecule has 0 aliphatic rings. The van der Waals surface area contributed by atoms with Crippen LogP contribution in [-0.4, -0.2) is 4.92 Å². The lowest BCUT2D eigenvalue weighted by Crippen LogP contribution is -2.02. The monoisotopic (exact) mass is 388 g/mol. The summed E-state index contributed by atoms with van der Waals surface area (Å²) in [6.45, 7) is 2.19. The third-order valence-corrected chi connectivity index (χ3v) is 4.21. The summed E-state index contributed by atoms with van der Waals surface area (Å²) in [4.78, 5) is 10.6. The second kappa shape index (κ2) is 5.75. The van der Waals surface area contributed by atoms with E-state index in [2.05, 4.69) is 37.2 Å². The summed E-state index contributed by atoms with van der Waals surface area (Å²) in [6, 6.07) is 6.86. The topological polar surface area (TPSA) is 68.3 Å². The van der Waals surface area contributed by atoms with Crippen LogP contribution in [0.25, 0.3) is 0 Å². The predicted molar refractivity (Wildman–Crippen MR) is 79.3 cm³/mol. The first-order chi connectivity index (χ1) is 8.97. The van der Waals surface area contributed by atoms with Crippen LogP contribution in [-0.2, 0) is 6.54 Å². The van der Waals surface area contributed by atoms with Crippen molar-refractivity contribution in [2.45, 2.75) is 13.5 Å². The van der Waals surface area contributed by atoms with E-state index >= 15 is 0 Å². The fourth-order valence-corrected chi connectivity index (χ4v) is 2.26. The van der Waals surface area contributed by atoms with Crippen LogP contribution in [0.1, 0.15) is 11.3 Å². The molecule has 0 bridgehead atoms. The molecule has 0 radical (unpaired) electrons. The van der Waals surface area contributed by atoms with E-state index in [4.69, 9.17) is 4.42 Å². The second-order valence-electron chi connectivity index (χ2n) is 3.97. The number of furan rings is 1. The van der Waals surface area contributed by atoms with Crippen LogP contribution in [0.3, 0.4) is 0 Å². The molecule has 1 aromatic carbocycles. The Balaban J connectivity index is 2.17. The molecule has 1 N–H and O–H groups in total. The minimum atomic E-state index is -0.400. The standard InChI is InChI=1S/C12H10Br2N2O3/c1-7-2-3-10(11(4-7)16(17)18)15-6-8-5-9(13)12(14)19-8/h2-5,15H,6H2,1H3. The molecule has 0 fully saturated rings. The van der Waals surface area contributed by atoms with Gasteiger partial charge in [-0.25, -0.2) is 0 Å². The Kier molecular flexibility index (Phi) is 4.26. The van der Waals surface area contributed by atoms with Crippen LogP contribution < -0.4 is 5.32 Å². The van der Waals surface area contributed by atoms with E-state index in [9.17, 15) is 10.1 Å². The number of nitro groups is 1. The zero-order chi connectivity index (χ0) is 14.0. The Hall–Kier alpha value is -1.34. The summed E-state index contributed by atoms with van der Waals surface area (Å²) in [5.41, 5.74) is 1.38. The Bertz CT molecular complexity index is 606. The Morgan fingerprint density at radius 3 is 2.68 bits per heavy atom. The van der Waals surface area contributed by atoms with Gasteiger partial charge in [0.05, 0.1) is 15.9 Å². The highest BCUT2D eigenvalue weighted by atomic mass is 79.9. The van der Waals surface area contributed by atoms with Crippen molar-refractivity contribution in [2.75, 3.05) is 5.32 Å². The van der Waals surface area contributed by atoms with E-state index < -0.39 is 4.92 Å². The highest BCUT2D eigenvalue weighted by Gasteiger charge is 2.14. The Morgan fingerprint density at radius 2 is 2.11 bits per heavy atom. The van der Waals surface area contributed by atoms with E-state index in [1.54, 1.807) is 12.1 Å². The number of anilines is 1. The third kappa shape index (κ3) is 3.36. The number of hydrogen-bond acceptors (Lipinski definition) is 4. The van der Waals surface area contributed by atoms with Gasteiger partial charge in [-0.15, -0.1) is 0 Å². The highest BCUT2D eigenvalue weighted by Crippen LogP contribution is 2.29. The average Bonchev–Trinajstić information content (AvgIpc) is 2.67. The number of nitrogens with one attached hydrogen (secondary N) is 1. The lowest BCUT2D eigenvalue weighted by molar-refractivity contribution is -0.384. The molecule has 1 aromatic heterocycles. The minimum absolute atomic E-state index is 0.0599. The van der Waals surface area contributed by atoms with Gasteiger partial charge in [0, 0.05) is 6.07 Å². The maximum Gasteiger partial charge on any atom is 0.292 e. The molecule has 5 nitrogen and oxygen atoms in total. The van der Waals surface area contributed by atoms with Crippen molar-refractivity contribution in [1.82, 2.24) is 0 Å². The van der Waals surface area contributed by atoms with Gasteiger partial charge < -0.3 is 9.73 Å². The molecule has 0 atom stereocenters. The molecule has 0 aliphatic carbocycles. The fraction of sp³-hybridized carbons (Fsp3) is 0.167. The van der Waals surface area contributed by atoms with Gasteiger partial charge in [-0.1, -0.05) is 6.07 Å². The molecule has 0 spiro atoms. The third-order valence-electron chi connectivity index (χ3n) is 2.50. The van der Waals surface area contributed by atoms with Crippen LogP contribution in [0.15, 0.2) is 37.8 Å². The number of nitrogens with zero attached hydrogens (tertiary/aromatic N) is 1. The molecule has 19 heavy (non-hydrogen) atoms. The largest absolute Gasteiger partial charge is 0.451 e. The minimum Gasteiger partial charge on any atom is -0.451 e. The smallest absolute Gasteiger partial charge is 0.292 e. The summed E-state index contributed by atoms with van der Waals surface area (Å²) in [7, 11) is 0. The van der Waals surface area contributed by atoms with Crippen LogP contribution in [0.5, 0.6) is 0 Å². The van der Waals surface area contributed by atoms with Crippen molar-refractivity contribution in [3.63, 3.8) is 0 Å².